The van der Waals surface area contributed by atoms with Crippen LogP contribution in [0.25, 0.3) is 0 Å². The van der Waals surface area contributed by atoms with Gasteiger partial charge in [0.1, 0.15) is 0 Å². The molecule has 0 bridgehead atoms. The molecule has 1 aromatic carbocycles. The third-order valence-electron chi connectivity index (χ3n) is 6.18. The van der Waals surface area contributed by atoms with Gasteiger partial charge in [-0.05, 0) is 70.3 Å². The van der Waals surface area contributed by atoms with Gasteiger partial charge in [0.25, 0.3) is 0 Å². The first-order chi connectivity index (χ1) is 13.7. The van der Waals surface area contributed by atoms with Crippen LogP contribution in [-0.4, -0.2) is 32.0 Å². The Balaban J connectivity index is 1.65. The molecule has 2 unspecified atom stereocenters. The fourth-order valence-electron chi connectivity index (χ4n) is 4.90. The molecule has 0 fully saturated rings. The van der Waals surface area contributed by atoms with Crippen molar-refractivity contribution in [1.82, 2.24) is 0 Å². The number of ether oxygens (including phenoxy) is 1. The second-order valence-electron chi connectivity index (χ2n) is 7.66. The number of carbonyl (C=O) groups excluding carboxylic acids is 1. The maximum Gasteiger partial charge on any atom is 0.411 e. The van der Waals surface area contributed by atoms with Gasteiger partial charge in [-0.25, -0.2) is 4.79 Å². The minimum Gasteiger partial charge on any atom is -0.453 e. The maximum absolute atomic E-state index is 11.9. The van der Waals surface area contributed by atoms with Crippen LogP contribution in [-0.2, 0) is 4.74 Å². The highest BCUT2D eigenvalue weighted by atomic mass is 32.2. The van der Waals surface area contributed by atoms with Crippen LogP contribution in [0, 0.1) is 0 Å². The zero-order valence-corrected chi connectivity index (χ0v) is 17.6. The zero-order chi connectivity index (χ0) is 19.1. The molecular weight excluding hydrogens is 388 g/mol. The predicted octanol–water partition coefficient (Wildman–Crippen LogP) is 5.78. The predicted molar refractivity (Wildman–Crippen MR) is 118 cm³/mol. The Bertz CT molecular complexity index is 923. The Morgan fingerprint density at radius 2 is 2.00 bits per heavy atom. The largest absolute Gasteiger partial charge is 0.453 e. The van der Waals surface area contributed by atoms with Gasteiger partial charge >= 0.3 is 6.09 Å². The number of anilines is 2. The number of allylic oxidation sites excluding steroid dienone is 1. The van der Waals surface area contributed by atoms with E-state index in [1.165, 1.54) is 41.7 Å². The Kier molecular flexibility index (Phi) is 4.85. The summed E-state index contributed by atoms with van der Waals surface area (Å²) >= 11 is 3.69. The lowest BCUT2D eigenvalue weighted by molar-refractivity contribution is 0.187. The second-order valence-corrected chi connectivity index (χ2v) is 9.42. The van der Waals surface area contributed by atoms with Crippen LogP contribution < -0.4 is 10.2 Å². The van der Waals surface area contributed by atoms with Crippen LogP contribution >= 0.6 is 23.1 Å². The number of hydrogen-bond donors (Lipinski definition) is 1. The van der Waals surface area contributed by atoms with Crippen molar-refractivity contribution in [3.05, 3.63) is 56.6 Å². The van der Waals surface area contributed by atoms with Gasteiger partial charge in [0.2, 0.25) is 0 Å². The summed E-state index contributed by atoms with van der Waals surface area (Å²) < 4.78 is 4.86. The number of rotatable bonds is 3. The quantitative estimate of drug-likeness (QED) is 0.694. The van der Waals surface area contributed by atoms with Crippen LogP contribution in [0.4, 0.5) is 16.2 Å². The number of benzene rings is 1. The lowest BCUT2D eigenvalue weighted by Gasteiger charge is -2.43. The molecule has 3 aliphatic heterocycles. The van der Waals surface area contributed by atoms with Gasteiger partial charge in [-0.15, -0.1) is 11.8 Å². The molecule has 0 saturated carbocycles. The number of nitrogens with zero attached hydrogens (tertiary/aromatic N) is 1. The number of hydrogen-bond acceptors (Lipinski definition) is 5. The molecule has 0 radical (unpaired) electrons. The van der Waals surface area contributed by atoms with Gasteiger partial charge in [0, 0.05) is 42.1 Å². The number of methoxy groups -OCH3 is 1. The standard InChI is InChI=1S/C22H24N2O2S2/c1-26-22(25)23-16-10-19-17(14-4-8-27-12-14)2-6-24-7-3-18(15-5-9-28-13-15)20(11-16)21(19)24/h4,8,10-13,17-18H,2-3,5-7,9H2,1H3,(H,23,25). The summed E-state index contributed by atoms with van der Waals surface area (Å²) in [5.74, 6) is 2.04. The van der Waals surface area contributed by atoms with Crippen molar-refractivity contribution in [3.8, 4) is 0 Å². The number of amides is 1. The van der Waals surface area contributed by atoms with E-state index in [-0.39, 0.29) is 0 Å². The van der Waals surface area contributed by atoms with Crippen molar-refractivity contribution in [2.45, 2.75) is 31.1 Å². The molecule has 1 amide bonds. The normalized spacial score (nSPS) is 23.2. The monoisotopic (exact) mass is 412 g/mol. The van der Waals surface area contributed by atoms with Crippen molar-refractivity contribution < 1.29 is 9.53 Å². The highest BCUT2D eigenvalue weighted by Crippen LogP contribution is 2.51. The third-order valence-corrected chi connectivity index (χ3v) is 7.79. The summed E-state index contributed by atoms with van der Waals surface area (Å²) in [6, 6.07) is 6.60. The summed E-state index contributed by atoms with van der Waals surface area (Å²) in [4.78, 5) is 14.5. The maximum atomic E-state index is 11.9. The molecule has 0 spiro atoms. The molecule has 2 aromatic rings. The van der Waals surface area contributed by atoms with Crippen LogP contribution in [0.1, 0.15) is 47.8 Å². The molecule has 1 N–H and O–H groups in total. The average Bonchev–Trinajstić information content (AvgIpc) is 3.42. The van der Waals surface area contributed by atoms with E-state index in [2.05, 4.69) is 44.6 Å². The van der Waals surface area contributed by atoms with Gasteiger partial charge in [0.15, 0.2) is 0 Å². The molecule has 28 heavy (non-hydrogen) atoms. The third kappa shape index (κ3) is 3.12. The minimum atomic E-state index is -0.408. The van der Waals surface area contributed by atoms with Crippen molar-refractivity contribution in [1.29, 1.82) is 0 Å². The van der Waals surface area contributed by atoms with Gasteiger partial charge in [-0.2, -0.15) is 11.3 Å². The topological polar surface area (TPSA) is 41.6 Å². The number of carbonyl (C=O) groups is 1. The van der Waals surface area contributed by atoms with E-state index in [0.717, 1.165) is 31.6 Å². The number of thioether (sulfide) groups is 1. The van der Waals surface area contributed by atoms with Gasteiger partial charge < -0.3 is 9.64 Å². The highest BCUT2D eigenvalue weighted by Gasteiger charge is 2.36. The summed E-state index contributed by atoms with van der Waals surface area (Å²) in [6.45, 7) is 2.22. The van der Waals surface area contributed by atoms with E-state index < -0.39 is 6.09 Å². The first-order valence-electron chi connectivity index (χ1n) is 9.85. The molecule has 0 saturated heterocycles. The summed E-state index contributed by atoms with van der Waals surface area (Å²) in [7, 11) is 1.41. The Morgan fingerprint density at radius 1 is 1.21 bits per heavy atom. The SMILES string of the molecule is COC(=O)Nc1cc2c3c(c1)C(c1ccsc1)CCN3CCC2C1=CSCC1. The van der Waals surface area contributed by atoms with E-state index in [0.29, 0.717) is 11.8 Å². The first kappa shape index (κ1) is 18.1. The fraction of sp³-hybridized carbons (Fsp3) is 0.409. The minimum absolute atomic E-state index is 0.390. The van der Waals surface area contributed by atoms with E-state index in [1.807, 2.05) is 11.8 Å². The van der Waals surface area contributed by atoms with Gasteiger partial charge in [-0.3, -0.25) is 5.32 Å². The second kappa shape index (κ2) is 7.48. The Morgan fingerprint density at radius 3 is 2.68 bits per heavy atom. The zero-order valence-electron chi connectivity index (χ0n) is 15.9. The van der Waals surface area contributed by atoms with E-state index in [1.54, 1.807) is 16.9 Å². The van der Waals surface area contributed by atoms with Gasteiger partial charge in [0.05, 0.1) is 7.11 Å². The summed E-state index contributed by atoms with van der Waals surface area (Å²) in [5, 5.41) is 9.73. The fourth-order valence-corrected chi connectivity index (χ4v) is 6.58. The van der Waals surface area contributed by atoms with E-state index in [4.69, 9.17) is 4.74 Å². The van der Waals surface area contributed by atoms with Gasteiger partial charge in [-0.1, -0.05) is 5.57 Å². The first-order valence-corrected chi connectivity index (χ1v) is 11.8. The van der Waals surface area contributed by atoms with Crippen LogP contribution in [0.2, 0.25) is 0 Å². The van der Waals surface area contributed by atoms with Crippen molar-refractivity contribution in [3.63, 3.8) is 0 Å². The highest BCUT2D eigenvalue weighted by molar-refractivity contribution is 8.02. The molecule has 1 aromatic heterocycles. The smallest absolute Gasteiger partial charge is 0.411 e. The molecule has 5 rings (SSSR count). The van der Waals surface area contributed by atoms with Crippen molar-refractivity contribution in [2.24, 2.45) is 0 Å². The van der Waals surface area contributed by atoms with Crippen molar-refractivity contribution >= 4 is 40.6 Å². The lowest BCUT2D eigenvalue weighted by atomic mass is 9.76. The van der Waals surface area contributed by atoms with E-state index >= 15 is 0 Å². The molecule has 6 heteroatoms. The van der Waals surface area contributed by atoms with Crippen LogP contribution in [0.3, 0.4) is 0 Å². The molecular formula is C22H24N2O2S2. The summed E-state index contributed by atoms with van der Waals surface area (Å²) in [6.07, 6.45) is 3.04. The Hall–Kier alpha value is -1.92. The summed E-state index contributed by atoms with van der Waals surface area (Å²) in [5.41, 5.74) is 7.93. The molecule has 3 aliphatic rings. The number of nitrogens with one attached hydrogen (secondary N) is 1. The van der Waals surface area contributed by atoms with Crippen molar-refractivity contribution in [2.75, 3.05) is 36.2 Å². The number of thiophene rings is 1. The molecule has 4 nitrogen and oxygen atoms in total. The van der Waals surface area contributed by atoms with Crippen LogP contribution in [0.15, 0.2) is 39.9 Å². The molecule has 146 valence electrons. The molecule has 2 atom stereocenters. The lowest BCUT2D eigenvalue weighted by Crippen LogP contribution is -2.37. The van der Waals surface area contributed by atoms with Crippen LogP contribution in [0.5, 0.6) is 0 Å². The van der Waals surface area contributed by atoms with E-state index in [9.17, 15) is 4.79 Å². The molecule has 4 heterocycles. The average molecular weight is 413 g/mol. The Labute approximate surface area is 174 Å². The molecule has 0 aliphatic carbocycles.